The maximum atomic E-state index is 13.6. The summed E-state index contributed by atoms with van der Waals surface area (Å²) in [6.45, 7) is 0. The predicted octanol–water partition coefficient (Wildman–Crippen LogP) is 4.24. The van der Waals surface area contributed by atoms with Crippen molar-refractivity contribution in [2.75, 3.05) is 5.73 Å². The van der Waals surface area contributed by atoms with E-state index in [9.17, 15) is 4.39 Å². The molecule has 1 aromatic heterocycles. The van der Waals surface area contributed by atoms with Gasteiger partial charge in [0.2, 0.25) is 0 Å². The van der Waals surface area contributed by atoms with Crippen LogP contribution in [0, 0.1) is 5.82 Å². The second-order valence-electron chi connectivity index (χ2n) is 4.72. The lowest BCUT2D eigenvalue weighted by Gasteiger charge is -2.06. The second-order valence-corrected chi connectivity index (χ2v) is 5.58. The van der Waals surface area contributed by atoms with E-state index in [2.05, 4.69) is 21.0 Å². The molecule has 0 aliphatic heterocycles. The lowest BCUT2D eigenvalue weighted by molar-refractivity contribution is 0.628. The molecule has 2 N–H and O–H groups in total. The summed E-state index contributed by atoms with van der Waals surface area (Å²) in [4.78, 5) is 0. The Hall–Kier alpha value is -2.14. The van der Waals surface area contributed by atoms with E-state index < -0.39 is 0 Å². The Bertz CT molecular complexity index is 797. The average Bonchev–Trinajstić information content (AvgIpc) is 2.78. The summed E-state index contributed by atoms with van der Waals surface area (Å²) in [5.74, 6) is 0.240. The van der Waals surface area contributed by atoms with E-state index in [-0.39, 0.29) is 5.82 Å². The van der Waals surface area contributed by atoms with Gasteiger partial charge in [0.15, 0.2) is 0 Å². The van der Waals surface area contributed by atoms with E-state index in [0.29, 0.717) is 17.1 Å². The Kier molecular flexibility index (Phi) is 3.51. The zero-order chi connectivity index (χ0) is 15.0. The molecule has 21 heavy (non-hydrogen) atoms. The van der Waals surface area contributed by atoms with E-state index in [0.717, 1.165) is 15.6 Å². The summed E-state index contributed by atoms with van der Waals surface area (Å²) in [7, 11) is 1.78. The van der Waals surface area contributed by atoms with Gasteiger partial charge in [0.25, 0.3) is 0 Å². The van der Waals surface area contributed by atoms with E-state index in [1.165, 1.54) is 12.1 Å². The van der Waals surface area contributed by atoms with Crippen molar-refractivity contribution >= 4 is 21.7 Å². The minimum Gasteiger partial charge on any atom is -0.383 e. The monoisotopic (exact) mass is 345 g/mol. The van der Waals surface area contributed by atoms with E-state index in [1.54, 1.807) is 17.8 Å². The molecule has 3 rings (SSSR count). The number of hydrogen-bond acceptors (Lipinski definition) is 2. The fourth-order valence-corrected chi connectivity index (χ4v) is 2.73. The molecule has 0 aliphatic rings. The van der Waals surface area contributed by atoms with E-state index >= 15 is 0 Å². The number of halogens is 2. The van der Waals surface area contributed by atoms with Crippen molar-refractivity contribution in [1.82, 2.24) is 9.78 Å². The van der Waals surface area contributed by atoms with E-state index in [4.69, 9.17) is 5.73 Å². The number of nitrogens with two attached hydrogens (primary N) is 1. The third kappa shape index (κ3) is 2.45. The first-order valence-corrected chi connectivity index (χ1v) is 7.20. The molecule has 0 spiro atoms. The summed E-state index contributed by atoms with van der Waals surface area (Å²) in [6, 6.07) is 14.3. The number of hydrogen-bond donors (Lipinski definition) is 1. The topological polar surface area (TPSA) is 43.8 Å². The number of aromatic nitrogens is 2. The molecule has 0 saturated carbocycles. The molecule has 0 saturated heterocycles. The first kappa shape index (κ1) is 13.8. The maximum Gasteiger partial charge on any atom is 0.129 e. The van der Waals surface area contributed by atoms with Crippen LogP contribution >= 0.6 is 15.9 Å². The minimum absolute atomic E-state index is 0.309. The summed E-state index contributed by atoms with van der Waals surface area (Å²) in [5, 5.41) is 4.45. The molecule has 0 unspecified atom stereocenters. The standard InChI is InChI=1S/C16H13BrFN3/c1-21-16(19)14(10-5-3-2-4-6-10)15(20-21)12-9-11(18)7-8-13(12)17/h2-9H,19H2,1H3. The Morgan fingerprint density at radius 2 is 1.86 bits per heavy atom. The van der Waals surface area contributed by atoms with Crippen molar-refractivity contribution in [1.29, 1.82) is 0 Å². The molecule has 0 amide bonds. The number of nitrogen functional groups attached to an aromatic ring is 1. The molecule has 3 nitrogen and oxygen atoms in total. The number of aryl methyl sites for hydroxylation is 1. The summed E-state index contributed by atoms with van der Waals surface area (Å²) in [6.07, 6.45) is 0. The average molecular weight is 346 g/mol. The SMILES string of the molecule is Cn1nc(-c2cc(F)ccc2Br)c(-c2ccccc2)c1N. The molecule has 0 atom stereocenters. The van der Waals surface area contributed by atoms with Crippen LogP contribution in [0.5, 0.6) is 0 Å². The number of rotatable bonds is 2. The minimum atomic E-state index is -0.309. The van der Waals surface area contributed by atoms with Crippen LogP contribution in [0.3, 0.4) is 0 Å². The molecule has 0 bridgehead atoms. The third-order valence-corrected chi connectivity index (χ3v) is 4.03. The van der Waals surface area contributed by atoms with Crippen molar-refractivity contribution in [3.63, 3.8) is 0 Å². The fourth-order valence-electron chi connectivity index (χ4n) is 2.29. The molecular weight excluding hydrogens is 333 g/mol. The Morgan fingerprint density at radius 1 is 1.14 bits per heavy atom. The Labute approximate surface area is 130 Å². The fraction of sp³-hybridized carbons (Fsp3) is 0.0625. The van der Waals surface area contributed by atoms with Crippen LogP contribution < -0.4 is 5.73 Å². The van der Waals surface area contributed by atoms with Gasteiger partial charge >= 0.3 is 0 Å². The largest absolute Gasteiger partial charge is 0.383 e. The normalized spacial score (nSPS) is 10.8. The van der Waals surface area contributed by atoms with Crippen molar-refractivity contribution in [2.45, 2.75) is 0 Å². The first-order valence-electron chi connectivity index (χ1n) is 6.41. The lowest BCUT2D eigenvalue weighted by atomic mass is 10.0. The van der Waals surface area contributed by atoms with Crippen LogP contribution in [0.15, 0.2) is 53.0 Å². The molecule has 5 heteroatoms. The third-order valence-electron chi connectivity index (χ3n) is 3.34. The predicted molar refractivity (Wildman–Crippen MR) is 86.2 cm³/mol. The van der Waals surface area contributed by atoms with Crippen LogP contribution in [-0.4, -0.2) is 9.78 Å². The molecule has 106 valence electrons. The van der Waals surface area contributed by atoms with Crippen LogP contribution in [0.2, 0.25) is 0 Å². The van der Waals surface area contributed by atoms with Gasteiger partial charge in [0.1, 0.15) is 17.3 Å². The molecule has 1 heterocycles. The maximum absolute atomic E-state index is 13.6. The van der Waals surface area contributed by atoms with Crippen LogP contribution in [-0.2, 0) is 7.05 Å². The van der Waals surface area contributed by atoms with Gasteiger partial charge < -0.3 is 5.73 Å². The highest BCUT2D eigenvalue weighted by Gasteiger charge is 2.19. The van der Waals surface area contributed by atoms with Crippen molar-refractivity contribution in [3.05, 3.63) is 58.8 Å². The summed E-state index contributed by atoms with van der Waals surface area (Å²) < 4.78 is 16.0. The highest BCUT2D eigenvalue weighted by atomic mass is 79.9. The van der Waals surface area contributed by atoms with Gasteiger partial charge in [0, 0.05) is 17.1 Å². The van der Waals surface area contributed by atoms with Crippen LogP contribution in [0.25, 0.3) is 22.4 Å². The quantitative estimate of drug-likeness (QED) is 0.754. The Balaban J connectivity index is 2.29. The van der Waals surface area contributed by atoms with Gasteiger partial charge in [-0.3, -0.25) is 4.68 Å². The van der Waals surface area contributed by atoms with Crippen LogP contribution in [0.1, 0.15) is 0 Å². The molecule has 0 aliphatic carbocycles. The summed E-state index contributed by atoms with van der Waals surface area (Å²) >= 11 is 3.45. The van der Waals surface area contributed by atoms with Crippen LogP contribution in [0.4, 0.5) is 10.2 Å². The lowest BCUT2D eigenvalue weighted by Crippen LogP contribution is -1.97. The molecule has 0 radical (unpaired) electrons. The smallest absolute Gasteiger partial charge is 0.129 e. The highest BCUT2D eigenvalue weighted by Crippen LogP contribution is 2.38. The molecule has 0 fully saturated rings. The first-order chi connectivity index (χ1) is 10.1. The number of nitrogens with zero attached hydrogens (tertiary/aromatic N) is 2. The zero-order valence-electron chi connectivity index (χ0n) is 11.3. The van der Waals surface area contributed by atoms with Gasteiger partial charge in [-0.05, 0) is 23.8 Å². The molecule has 2 aromatic carbocycles. The highest BCUT2D eigenvalue weighted by molar-refractivity contribution is 9.10. The van der Waals surface area contributed by atoms with Crippen molar-refractivity contribution < 1.29 is 4.39 Å². The van der Waals surface area contributed by atoms with Crippen molar-refractivity contribution in [2.24, 2.45) is 7.05 Å². The zero-order valence-corrected chi connectivity index (χ0v) is 12.9. The van der Waals surface area contributed by atoms with Gasteiger partial charge in [-0.1, -0.05) is 46.3 Å². The Morgan fingerprint density at radius 3 is 2.57 bits per heavy atom. The van der Waals surface area contributed by atoms with Gasteiger partial charge in [-0.15, -0.1) is 0 Å². The van der Waals surface area contributed by atoms with Gasteiger partial charge in [-0.2, -0.15) is 5.10 Å². The summed E-state index contributed by atoms with van der Waals surface area (Å²) in [5.41, 5.74) is 9.26. The van der Waals surface area contributed by atoms with E-state index in [1.807, 2.05) is 30.3 Å². The number of anilines is 1. The molecule has 3 aromatic rings. The molecular formula is C16H13BrFN3. The van der Waals surface area contributed by atoms with Gasteiger partial charge in [0.05, 0.1) is 5.56 Å². The van der Waals surface area contributed by atoms with Gasteiger partial charge in [-0.25, -0.2) is 4.39 Å². The number of benzene rings is 2. The van der Waals surface area contributed by atoms with Crippen molar-refractivity contribution in [3.8, 4) is 22.4 Å². The second kappa shape index (κ2) is 5.33.